The fourth-order valence-corrected chi connectivity index (χ4v) is 1.62. The highest BCUT2D eigenvalue weighted by molar-refractivity contribution is 5.66. The smallest absolute Gasteiger partial charge is 0.0222 e. The average Bonchev–Trinajstić information content (AvgIpc) is 2.23. The van der Waals surface area contributed by atoms with Crippen molar-refractivity contribution in [2.45, 2.75) is 27.7 Å². The minimum absolute atomic E-state index is 1.18. The molecule has 0 spiro atoms. The first-order valence-corrected chi connectivity index (χ1v) is 5.59. The van der Waals surface area contributed by atoms with Crippen molar-refractivity contribution >= 4 is 5.57 Å². The molecule has 0 unspecified atom stereocenters. The van der Waals surface area contributed by atoms with Crippen molar-refractivity contribution in [3.63, 3.8) is 0 Å². The summed E-state index contributed by atoms with van der Waals surface area (Å²) in [7, 11) is 0. The molecule has 84 valence electrons. The quantitative estimate of drug-likeness (QED) is 0.629. The third-order valence-corrected chi connectivity index (χ3v) is 2.60. The SMILES string of the molecule is C=C/C(C)=C\C=C(/C)c1cc(C)cc(C)c1. The van der Waals surface area contributed by atoms with Gasteiger partial charge in [0.1, 0.15) is 0 Å². The lowest BCUT2D eigenvalue weighted by Gasteiger charge is -2.04. The average molecular weight is 212 g/mol. The maximum absolute atomic E-state index is 3.74. The molecule has 0 bridgehead atoms. The van der Waals surface area contributed by atoms with Crippen molar-refractivity contribution in [1.82, 2.24) is 0 Å². The van der Waals surface area contributed by atoms with Crippen LogP contribution in [0.3, 0.4) is 0 Å². The van der Waals surface area contributed by atoms with Crippen LogP contribution in [0.5, 0.6) is 0 Å². The summed E-state index contributed by atoms with van der Waals surface area (Å²) in [5, 5.41) is 0. The van der Waals surface area contributed by atoms with Crippen LogP contribution in [0.1, 0.15) is 30.5 Å². The summed E-state index contributed by atoms with van der Waals surface area (Å²) < 4.78 is 0. The standard InChI is InChI=1S/C16H20/c1-6-12(2)7-8-15(5)16-10-13(3)9-14(4)11-16/h6-11H,1H2,2-5H3/b12-7-,15-8+. The summed E-state index contributed by atoms with van der Waals surface area (Å²) in [5.41, 5.74) is 6.39. The zero-order chi connectivity index (χ0) is 12.1. The Bertz CT molecular complexity index is 425. The van der Waals surface area contributed by atoms with Gasteiger partial charge in [0.15, 0.2) is 0 Å². The summed E-state index contributed by atoms with van der Waals surface area (Å²) in [6, 6.07) is 6.63. The molecule has 0 aliphatic rings. The molecule has 0 heteroatoms. The molecule has 0 nitrogen and oxygen atoms in total. The molecule has 0 saturated heterocycles. The molecular formula is C16H20. The van der Waals surface area contributed by atoms with E-state index in [4.69, 9.17) is 0 Å². The van der Waals surface area contributed by atoms with Gasteiger partial charge in [-0.3, -0.25) is 0 Å². The molecular weight excluding hydrogens is 192 g/mol. The number of rotatable bonds is 3. The van der Waals surface area contributed by atoms with Crippen molar-refractivity contribution < 1.29 is 0 Å². The summed E-state index contributed by atoms with van der Waals surface area (Å²) in [6.45, 7) is 12.2. The Hall–Kier alpha value is -1.56. The van der Waals surface area contributed by atoms with Crippen molar-refractivity contribution in [3.05, 3.63) is 65.3 Å². The third-order valence-electron chi connectivity index (χ3n) is 2.60. The number of hydrogen-bond acceptors (Lipinski definition) is 0. The van der Waals surface area contributed by atoms with Crippen molar-refractivity contribution in [2.24, 2.45) is 0 Å². The van der Waals surface area contributed by atoms with Crippen molar-refractivity contribution in [1.29, 1.82) is 0 Å². The topological polar surface area (TPSA) is 0 Å². The van der Waals surface area contributed by atoms with Gasteiger partial charge in [-0.15, -0.1) is 0 Å². The Kier molecular flexibility index (Phi) is 4.30. The minimum Gasteiger partial charge on any atom is -0.0988 e. The van der Waals surface area contributed by atoms with Crippen LogP contribution < -0.4 is 0 Å². The Labute approximate surface area is 99.0 Å². The number of hydrogen-bond donors (Lipinski definition) is 0. The van der Waals surface area contributed by atoms with Gasteiger partial charge in [0.05, 0.1) is 0 Å². The van der Waals surface area contributed by atoms with Crippen LogP contribution in [0, 0.1) is 13.8 Å². The van der Waals surface area contributed by atoms with E-state index in [2.05, 4.69) is 64.6 Å². The Balaban J connectivity index is 3.04. The summed E-state index contributed by atoms with van der Waals surface area (Å²) in [4.78, 5) is 0. The summed E-state index contributed by atoms with van der Waals surface area (Å²) in [5.74, 6) is 0. The first kappa shape index (κ1) is 12.5. The van der Waals surface area contributed by atoms with E-state index in [0.717, 1.165) is 0 Å². The minimum atomic E-state index is 1.18. The van der Waals surface area contributed by atoms with Gasteiger partial charge < -0.3 is 0 Å². The first-order valence-electron chi connectivity index (χ1n) is 5.59. The molecule has 0 radical (unpaired) electrons. The van der Waals surface area contributed by atoms with Gasteiger partial charge >= 0.3 is 0 Å². The lowest BCUT2D eigenvalue weighted by atomic mass is 10.0. The lowest BCUT2D eigenvalue weighted by molar-refractivity contribution is 1.36. The Morgan fingerprint density at radius 2 is 1.56 bits per heavy atom. The maximum Gasteiger partial charge on any atom is -0.0222 e. The van der Waals surface area contributed by atoms with E-state index >= 15 is 0 Å². The van der Waals surface area contributed by atoms with Crippen molar-refractivity contribution in [2.75, 3.05) is 0 Å². The second-order valence-electron chi connectivity index (χ2n) is 4.34. The fourth-order valence-electron chi connectivity index (χ4n) is 1.62. The van der Waals surface area contributed by atoms with Gasteiger partial charge in [0, 0.05) is 0 Å². The van der Waals surface area contributed by atoms with Gasteiger partial charge in [-0.2, -0.15) is 0 Å². The summed E-state index contributed by atoms with van der Waals surface area (Å²) in [6.07, 6.45) is 6.11. The van der Waals surface area contributed by atoms with Gasteiger partial charge in [0.2, 0.25) is 0 Å². The third kappa shape index (κ3) is 3.54. The molecule has 0 amide bonds. The highest BCUT2D eigenvalue weighted by Crippen LogP contribution is 2.17. The molecule has 0 aromatic heterocycles. The van der Waals surface area contributed by atoms with Crippen molar-refractivity contribution in [3.8, 4) is 0 Å². The predicted octanol–water partition coefficient (Wildman–Crippen LogP) is 4.84. The normalized spacial score (nSPS) is 12.8. The molecule has 0 heterocycles. The molecule has 0 saturated carbocycles. The molecule has 1 aromatic rings. The summed E-state index contributed by atoms with van der Waals surface area (Å²) >= 11 is 0. The Morgan fingerprint density at radius 1 is 1.00 bits per heavy atom. The molecule has 0 atom stereocenters. The van der Waals surface area contributed by atoms with E-state index in [-0.39, 0.29) is 0 Å². The monoisotopic (exact) mass is 212 g/mol. The molecule has 1 rings (SSSR count). The number of aryl methyl sites for hydroxylation is 2. The molecule has 1 aromatic carbocycles. The van der Waals surface area contributed by atoms with Crippen LogP contribution >= 0.6 is 0 Å². The molecule has 0 N–H and O–H groups in total. The second-order valence-corrected chi connectivity index (χ2v) is 4.34. The second kappa shape index (κ2) is 5.50. The van der Waals surface area contributed by atoms with Crippen LogP contribution in [0.25, 0.3) is 5.57 Å². The number of allylic oxidation sites excluding steroid dienone is 5. The lowest BCUT2D eigenvalue weighted by Crippen LogP contribution is -1.84. The molecule has 16 heavy (non-hydrogen) atoms. The zero-order valence-electron chi connectivity index (χ0n) is 10.7. The predicted molar refractivity (Wildman–Crippen MR) is 73.5 cm³/mol. The van der Waals surface area contributed by atoms with E-state index in [1.807, 2.05) is 6.08 Å². The first-order chi connectivity index (χ1) is 7.52. The number of benzene rings is 1. The van der Waals surface area contributed by atoms with Crippen LogP contribution in [0.15, 0.2) is 48.6 Å². The van der Waals surface area contributed by atoms with E-state index in [0.29, 0.717) is 0 Å². The van der Waals surface area contributed by atoms with Gasteiger partial charge in [0.25, 0.3) is 0 Å². The Morgan fingerprint density at radius 3 is 2.06 bits per heavy atom. The van der Waals surface area contributed by atoms with E-state index in [1.54, 1.807) is 0 Å². The molecule has 0 fully saturated rings. The largest absolute Gasteiger partial charge is 0.0988 e. The zero-order valence-corrected chi connectivity index (χ0v) is 10.7. The van der Waals surface area contributed by atoms with Gasteiger partial charge in [-0.05, 0) is 38.8 Å². The molecule has 0 aliphatic heterocycles. The van der Waals surface area contributed by atoms with E-state index < -0.39 is 0 Å². The van der Waals surface area contributed by atoms with E-state index in [9.17, 15) is 0 Å². The highest BCUT2D eigenvalue weighted by Gasteiger charge is 1.97. The van der Waals surface area contributed by atoms with Crippen LogP contribution in [0.4, 0.5) is 0 Å². The van der Waals surface area contributed by atoms with Gasteiger partial charge in [-0.1, -0.05) is 59.7 Å². The van der Waals surface area contributed by atoms with E-state index in [1.165, 1.54) is 27.8 Å². The maximum atomic E-state index is 3.74. The fraction of sp³-hybridized carbons (Fsp3) is 0.250. The van der Waals surface area contributed by atoms with Crippen LogP contribution in [-0.2, 0) is 0 Å². The highest BCUT2D eigenvalue weighted by atomic mass is 14.0. The van der Waals surface area contributed by atoms with Gasteiger partial charge in [-0.25, -0.2) is 0 Å². The van der Waals surface area contributed by atoms with Crippen LogP contribution in [-0.4, -0.2) is 0 Å². The van der Waals surface area contributed by atoms with Crippen LogP contribution in [0.2, 0.25) is 0 Å². The molecule has 0 aliphatic carbocycles.